The van der Waals surface area contributed by atoms with Gasteiger partial charge in [-0.25, -0.2) is 4.79 Å². The highest BCUT2D eigenvalue weighted by atomic mass is 32.1. The lowest BCUT2D eigenvalue weighted by molar-refractivity contribution is -0.132. The van der Waals surface area contributed by atoms with Crippen molar-refractivity contribution in [3.05, 3.63) is 28.0 Å². The van der Waals surface area contributed by atoms with Crippen molar-refractivity contribution in [3.8, 4) is 0 Å². The van der Waals surface area contributed by atoms with Gasteiger partial charge < -0.3 is 10.8 Å². The fraction of sp³-hybridized carbons (Fsp3) is 0.125. The first-order valence-corrected chi connectivity index (χ1v) is 4.34. The zero-order valence-corrected chi connectivity index (χ0v) is 7.17. The van der Waals surface area contributed by atoms with Gasteiger partial charge in [0.25, 0.3) is 0 Å². The lowest BCUT2D eigenvalue weighted by atomic mass is 10.2. The number of carbonyl (C=O) groups is 1. The second-order valence-electron chi connectivity index (χ2n) is 2.24. The molecule has 0 unspecified atom stereocenters. The average molecular weight is 183 g/mol. The number of nitrogens with two attached hydrogens (primary N) is 1. The SMILES string of the molecule is NCC(=Cc1ccsc1)C(=O)O. The molecule has 0 atom stereocenters. The van der Waals surface area contributed by atoms with Crippen molar-refractivity contribution in [1.82, 2.24) is 0 Å². The molecule has 0 spiro atoms. The molecular weight excluding hydrogens is 174 g/mol. The first-order valence-electron chi connectivity index (χ1n) is 3.40. The zero-order valence-electron chi connectivity index (χ0n) is 6.36. The van der Waals surface area contributed by atoms with E-state index in [1.54, 1.807) is 6.08 Å². The quantitative estimate of drug-likeness (QED) is 0.691. The van der Waals surface area contributed by atoms with Crippen molar-refractivity contribution in [2.45, 2.75) is 0 Å². The van der Waals surface area contributed by atoms with Crippen molar-refractivity contribution in [2.24, 2.45) is 5.73 Å². The molecule has 1 heterocycles. The van der Waals surface area contributed by atoms with Crippen LogP contribution in [-0.4, -0.2) is 17.6 Å². The summed E-state index contributed by atoms with van der Waals surface area (Å²) < 4.78 is 0. The summed E-state index contributed by atoms with van der Waals surface area (Å²) in [4.78, 5) is 10.5. The molecule has 0 saturated heterocycles. The fourth-order valence-electron chi connectivity index (χ4n) is 0.766. The van der Waals surface area contributed by atoms with Crippen LogP contribution in [0, 0.1) is 0 Å². The largest absolute Gasteiger partial charge is 0.478 e. The highest BCUT2D eigenvalue weighted by molar-refractivity contribution is 7.08. The molecule has 0 aliphatic rings. The highest BCUT2D eigenvalue weighted by Crippen LogP contribution is 2.10. The lowest BCUT2D eigenvalue weighted by Gasteiger charge is -1.94. The Balaban J connectivity index is 2.85. The molecule has 1 rings (SSSR count). The molecule has 3 N–H and O–H groups in total. The minimum atomic E-state index is -0.955. The summed E-state index contributed by atoms with van der Waals surface area (Å²) in [6, 6.07) is 1.85. The van der Waals surface area contributed by atoms with Crippen molar-refractivity contribution >= 4 is 23.4 Å². The van der Waals surface area contributed by atoms with Gasteiger partial charge in [-0.05, 0) is 28.5 Å². The van der Waals surface area contributed by atoms with Crippen molar-refractivity contribution in [2.75, 3.05) is 6.54 Å². The Labute approximate surface area is 74.1 Å². The van der Waals surface area contributed by atoms with Gasteiger partial charge in [0.2, 0.25) is 0 Å². The Morgan fingerprint density at radius 2 is 2.50 bits per heavy atom. The Hall–Kier alpha value is -1.13. The van der Waals surface area contributed by atoms with E-state index in [0.29, 0.717) is 0 Å². The third kappa shape index (κ3) is 2.18. The topological polar surface area (TPSA) is 63.3 Å². The monoisotopic (exact) mass is 183 g/mol. The van der Waals surface area contributed by atoms with E-state index in [4.69, 9.17) is 10.8 Å². The van der Waals surface area contributed by atoms with Crippen LogP contribution in [0.3, 0.4) is 0 Å². The molecule has 0 radical (unpaired) electrons. The number of hydrogen-bond acceptors (Lipinski definition) is 3. The standard InChI is InChI=1S/C8H9NO2S/c9-4-7(8(10)11)3-6-1-2-12-5-6/h1-3,5H,4,9H2,(H,10,11). The van der Waals surface area contributed by atoms with Gasteiger partial charge in [0.1, 0.15) is 0 Å². The van der Waals surface area contributed by atoms with E-state index in [-0.39, 0.29) is 12.1 Å². The smallest absolute Gasteiger partial charge is 0.332 e. The van der Waals surface area contributed by atoms with Crippen LogP contribution in [-0.2, 0) is 4.79 Å². The minimum absolute atomic E-state index is 0.0607. The molecule has 0 aromatic carbocycles. The summed E-state index contributed by atoms with van der Waals surface area (Å²) in [6.45, 7) is 0.0607. The predicted molar refractivity (Wildman–Crippen MR) is 49.0 cm³/mol. The molecule has 3 nitrogen and oxygen atoms in total. The number of thiophene rings is 1. The second-order valence-corrected chi connectivity index (χ2v) is 3.02. The summed E-state index contributed by atoms with van der Waals surface area (Å²) in [6.07, 6.45) is 1.58. The zero-order chi connectivity index (χ0) is 8.97. The van der Waals surface area contributed by atoms with E-state index in [2.05, 4.69) is 0 Å². The number of carboxylic acids is 1. The van der Waals surface area contributed by atoms with E-state index in [9.17, 15) is 4.79 Å². The van der Waals surface area contributed by atoms with Crippen LogP contribution in [0.15, 0.2) is 22.4 Å². The Kier molecular flexibility index (Phi) is 3.01. The maximum absolute atomic E-state index is 10.5. The van der Waals surface area contributed by atoms with Gasteiger partial charge in [-0.3, -0.25) is 0 Å². The average Bonchev–Trinajstić information content (AvgIpc) is 2.51. The third-order valence-electron chi connectivity index (χ3n) is 1.38. The van der Waals surface area contributed by atoms with Crippen LogP contribution in [0.1, 0.15) is 5.56 Å². The summed E-state index contributed by atoms with van der Waals surface area (Å²) >= 11 is 1.53. The summed E-state index contributed by atoms with van der Waals surface area (Å²) in [5.74, 6) is -0.955. The lowest BCUT2D eigenvalue weighted by Crippen LogP contribution is -2.11. The molecule has 0 aliphatic carbocycles. The van der Waals surface area contributed by atoms with Crippen molar-refractivity contribution in [1.29, 1.82) is 0 Å². The maximum Gasteiger partial charge on any atom is 0.332 e. The van der Waals surface area contributed by atoms with Crippen LogP contribution >= 0.6 is 11.3 Å². The van der Waals surface area contributed by atoms with Gasteiger partial charge in [-0.2, -0.15) is 11.3 Å². The van der Waals surface area contributed by atoms with Gasteiger partial charge >= 0.3 is 5.97 Å². The van der Waals surface area contributed by atoms with Crippen molar-refractivity contribution < 1.29 is 9.90 Å². The van der Waals surface area contributed by atoms with E-state index >= 15 is 0 Å². The molecule has 0 fully saturated rings. The summed E-state index contributed by atoms with van der Waals surface area (Å²) in [5.41, 5.74) is 6.37. The Morgan fingerprint density at radius 1 is 1.75 bits per heavy atom. The van der Waals surface area contributed by atoms with E-state index < -0.39 is 5.97 Å². The normalized spacial score (nSPS) is 11.6. The van der Waals surface area contributed by atoms with Crippen molar-refractivity contribution in [3.63, 3.8) is 0 Å². The molecular formula is C8H9NO2S. The van der Waals surface area contributed by atoms with Crippen LogP contribution < -0.4 is 5.73 Å². The molecule has 4 heteroatoms. The van der Waals surface area contributed by atoms with Crippen LogP contribution in [0.25, 0.3) is 6.08 Å². The van der Waals surface area contributed by atoms with E-state index in [1.165, 1.54) is 11.3 Å². The third-order valence-corrected chi connectivity index (χ3v) is 2.08. The molecule has 1 aromatic rings. The molecule has 0 bridgehead atoms. The van der Waals surface area contributed by atoms with E-state index in [0.717, 1.165) is 5.56 Å². The second kappa shape index (κ2) is 4.04. The molecule has 12 heavy (non-hydrogen) atoms. The maximum atomic E-state index is 10.5. The number of rotatable bonds is 3. The molecule has 1 aromatic heterocycles. The number of carboxylic acid groups (broad SMARTS) is 1. The molecule has 0 saturated carbocycles. The number of aliphatic carboxylic acids is 1. The molecule has 0 aliphatic heterocycles. The Morgan fingerprint density at radius 3 is 2.92 bits per heavy atom. The summed E-state index contributed by atoms with van der Waals surface area (Å²) in [5, 5.41) is 12.4. The van der Waals surface area contributed by atoms with E-state index in [1.807, 2.05) is 16.8 Å². The van der Waals surface area contributed by atoms with Gasteiger partial charge in [0.15, 0.2) is 0 Å². The van der Waals surface area contributed by atoms with Gasteiger partial charge in [0, 0.05) is 6.54 Å². The highest BCUT2D eigenvalue weighted by Gasteiger charge is 2.03. The Bertz CT molecular complexity index is 290. The first kappa shape index (κ1) is 8.96. The van der Waals surface area contributed by atoms with Gasteiger partial charge in [-0.15, -0.1) is 0 Å². The van der Waals surface area contributed by atoms with Gasteiger partial charge in [0.05, 0.1) is 5.57 Å². The van der Waals surface area contributed by atoms with Gasteiger partial charge in [-0.1, -0.05) is 0 Å². The van der Waals surface area contributed by atoms with Crippen LogP contribution in [0.5, 0.6) is 0 Å². The predicted octanol–water partition coefficient (Wildman–Crippen LogP) is 1.17. The fourth-order valence-corrected chi connectivity index (χ4v) is 1.38. The first-order chi connectivity index (χ1) is 5.74. The molecule has 0 amide bonds. The number of hydrogen-bond donors (Lipinski definition) is 2. The van der Waals surface area contributed by atoms with Crippen LogP contribution in [0.4, 0.5) is 0 Å². The molecule has 64 valence electrons. The minimum Gasteiger partial charge on any atom is -0.478 e. The van der Waals surface area contributed by atoms with Crippen LogP contribution in [0.2, 0.25) is 0 Å². The summed E-state index contributed by atoms with van der Waals surface area (Å²) in [7, 11) is 0.